The number of nitrogens with zero attached hydrogens (tertiary/aromatic N) is 3. The maximum Gasteiger partial charge on any atom is 0.269 e. The summed E-state index contributed by atoms with van der Waals surface area (Å²) < 4.78 is 32.8. The zero-order valence-electron chi connectivity index (χ0n) is 17.8. The summed E-state index contributed by atoms with van der Waals surface area (Å²) >= 11 is 2.83. The molecule has 30 heavy (non-hydrogen) atoms. The van der Waals surface area contributed by atoms with Gasteiger partial charge in [0.15, 0.2) is 10.4 Å². The van der Waals surface area contributed by atoms with Crippen molar-refractivity contribution in [2.45, 2.75) is 55.7 Å². The first-order valence-electron chi connectivity index (χ1n) is 9.44. The monoisotopic (exact) mass is 470 g/mol. The highest BCUT2D eigenvalue weighted by Crippen LogP contribution is 2.39. The normalized spacial score (nSPS) is 16.9. The minimum atomic E-state index is -3.61. The van der Waals surface area contributed by atoms with Gasteiger partial charge in [-0.25, -0.2) is 8.42 Å². The van der Waals surface area contributed by atoms with Crippen LogP contribution in [0.2, 0.25) is 0 Å². The topological polar surface area (TPSA) is 101 Å². The molecule has 1 aromatic heterocycles. The van der Waals surface area contributed by atoms with Crippen LogP contribution in [0, 0.1) is 0 Å². The summed E-state index contributed by atoms with van der Waals surface area (Å²) in [5, 5.41) is 11.4. The number of amides is 1. The minimum absolute atomic E-state index is 0.113. The summed E-state index contributed by atoms with van der Waals surface area (Å²) in [6.07, 6.45) is 0.124. The first-order valence-corrected chi connectivity index (χ1v) is 13.0. The van der Waals surface area contributed by atoms with Crippen LogP contribution in [0.25, 0.3) is 0 Å². The van der Waals surface area contributed by atoms with Crippen molar-refractivity contribution >= 4 is 49.8 Å². The molecule has 164 valence electrons. The smallest absolute Gasteiger partial charge is 0.269 e. The fourth-order valence-corrected chi connectivity index (χ4v) is 5.75. The van der Waals surface area contributed by atoms with Crippen LogP contribution < -0.4 is 14.4 Å². The fraction of sp³-hybridized carbons (Fsp3) is 0.526. The number of carbonyl (C=O) groups is 1. The molecular formula is C19H26N4O4S3. The first kappa shape index (κ1) is 22.8. The van der Waals surface area contributed by atoms with Gasteiger partial charge in [-0.2, -0.15) is 0 Å². The van der Waals surface area contributed by atoms with E-state index in [2.05, 4.69) is 15.5 Å². The van der Waals surface area contributed by atoms with Gasteiger partial charge in [0.05, 0.1) is 18.5 Å². The number of hydrogen-bond donors (Lipinski definition) is 1. The van der Waals surface area contributed by atoms with E-state index in [-0.39, 0.29) is 12.0 Å². The molecule has 8 nitrogen and oxygen atoms in total. The number of carbonyl (C=O) groups excluding carboxylic acids is 1. The second-order valence-corrected chi connectivity index (χ2v) is 13.1. The maximum absolute atomic E-state index is 12.8. The molecule has 0 saturated heterocycles. The summed E-state index contributed by atoms with van der Waals surface area (Å²) in [5.74, 6) is -0.111. The second kappa shape index (κ2) is 8.35. The van der Waals surface area contributed by atoms with E-state index in [1.165, 1.54) is 15.6 Å². The van der Waals surface area contributed by atoms with Gasteiger partial charge in [0.2, 0.25) is 15.2 Å². The number of benzene rings is 1. The van der Waals surface area contributed by atoms with Crippen molar-refractivity contribution in [2.24, 2.45) is 0 Å². The van der Waals surface area contributed by atoms with Crippen LogP contribution in [0.5, 0.6) is 5.75 Å². The Hall–Kier alpha value is -1.85. The molecule has 0 radical (unpaired) electrons. The summed E-state index contributed by atoms with van der Waals surface area (Å²) in [6, 6.07) is 5.42. The van der Waals surface area contributed by atoms with Crippen LogP contribution in [0.1, 0.15) is 40.2 Å². The SMILES string of the molecule is CC(C)Sc1nnc(NC(=O)C2CN(S(C)(=O)=O)c3cc(C(C)(C)C)ccc3O2)s1. The van der Waals surface area contributed by atoms with Gasteiger partial charge in [-0.15, -0.1) is 10.2 Å². The number of nitrogens with one attached hydrogen (secondary N) is 1. The molecule has 2 aromatic rings. The molecule has 3 rings (SSSR count). The van der Waals surface area contributed by atoms with Crippen molar-refractivity contribution in [3.05, 3.63) is 23.8 Å². The quantitative estimate of drug-likeness (QED) is 0.527. The van der Waals surface area contributed by atoms with Crippen molar-refractivity contribution in [1.82, 2.24) is 10.2 Å². The van der Waals surface area contributed by atoms with Crippen LogP contribution in [-0.4, -0.2) is 48.7 Å². The second-order valence-electron chi connectivity index (χ2n) is 8.36. The summed E-state index contributed by atoms with van der Waals surface area (Å²) in [5.41, 5.74) is 1.27. The number of ether oxygens (including phenoxy) is 1. The lowest BCUT2D eigenvalue weighted by atomic mass is 9.86. The predicted octanol–water partition coefficient (Wildman–Crippen LogP) is 3.50. The standard InChI is InChI=1S/C19H26N4O4S3/c1-11(2)28-18-22-21-17(29-18)20-16(24)15-10-23(30(6,25)26)13-9-12(19(3,4)5)7-8-14(13)27-15/h7-9,11,15H,10H2,1-6H3,(H,20,21,24). The van der Waals surface area contributed by atoms with Gasteiger partial charge in [-0.1, -0.05) is 63.8 Å². The molecule has 0 spiro atoms. The molecule has 11 heteroatoms. The number of thioether (sulfide) groups is 1. The van der Waals surface area contributed by atoms with Gasteiger partial charge in [0.25, 0.3) is 5.91 Å². The van der Waals surface area contributed by atoms with Crippen LogP contribution in [-0.2, 0) is 20.2 Å². The van der Waals surface area contributed by atoms with Crippen LogP contribution in [0.15, 0.2) is 22.5 Å². The van der Waals surface area contributed by atoms with Gasteiger partial charge in [-0.05, 0) is 23.1 Å². The molecule has 0 saturated carbocycles. The minimum Gasteiger partial charge on any atom is -0.476 e. The molecule has 1 aliphatic rings. The Morgan fingerprint density at radius 1 is 1.33 bits per heavy atom. The largest absolute Gasteiger partial charge is 0.476 e. The van der Waals surface area contributed by atoms with Gasteiger partial charge in [0.1, 0.15) is 5.75 Å². The fourth-order valence-electron chi connectivity index (χ4n) is 2.86. The van der Waals surface area contributed by atoms with Crippen LogP contribution >= 0.6 is 23.1 Å². The molecular weight excluding hydrogens is 444 g/mol. The Labute approximate surface area is 185 Å². The lowest BCUT2D eigenvalue weighted by molar-refractivity contribution is -0.122. The molecule has 1 atom stereocenters. The Balaban J connectivity index is 1.85. The highest BCUT2D eigenvalue weighted by atomic mass is 32.2. The Bertz CT molecular complexity index is 1040. The Kier molecular flexibility index (Phi) is 6.35. The number of rotatable bonds is 5. The Morgan fingerprint density at radius 3 is 2.63 bits per heavy atom. The molecule has 1 aromatic carbocycles. The lowest BCUT2D eigenvalue weighted by Crippen LogP contribution is -2.48. The van der Waals surface area contributed by atoms with Crippen LogP contribution in [0.3, 0.4) is 0 Å². The zero-order valence-corrected chi connectivity index (χ0v) is 20.2. The molecule has 0 bridgehead atoms. The lowest BCUT2D eigenvalue weighted by Gasteiger charge is -2.35. The van der Waals surface area contributed by atoms with E-state index in [1.54, 1.807) is 17.8 Å². The van der Waals surface area contributed by atoms with Gasteiger partial charge in [0, 0.05) is 5.25 Å². The number of aromatic nitrogens is 2. The number of anilines is 2. The maximum atomic E-state index is 12.8. The van der Waals surface area contributed by atoms with E-state index < -0.39 is 22.0 Å². The van der Waals surface area contributed by atoms with Crippen LogP contribution in [0.4, 0.5) is 10.8 Å². The average molecular weight is 471 g/mol. The van der Waals surface area contributed by atoms with E-state index in [1.807, 2.05) is 46.8 Å². The molecule has 1 unspecified atom stereocenters. The Morgan fingerprint density at radius 2 is 2.03 bits per heavy atom. The number of hydrogen-bond acceptors (Lipinski definition) is 8. The third-order valence-electron chi connectivity index (χ3n) is 4.36. The van der Waals surface area contributed by atoms with Gasteiger partial charge < -0.3 is 4.74 Å². The average Bonchev–Trinajstić information content (AvgIpc) is 3.04. The molecule has 1 aliphatic heterocycles. The summed E-state index contributed by atoms with van der Waals surface area (Å²) in [4.78, 5) is 12.8. The highest BCUT2D eigenvalue weighted by molar-refractivity contribution is 8.01. The third-order valence-corrected chi connectivity index (χ3v) is 7.43. The molecule has 2 heterocycles. The highest BCUT2D eigenvalue weighted by Gasteiger charge is 2.36. The van der Waals surface area contributed by atoms with Crippen molar-refractivity contribution in [3.63, 3.8) is 0 Å². The van der Waals surface area contributed by atoms with E-state index in [0.717, 1.165) is 16.2 Å². The van der Waals surface area contributed by atoms with Gasteiger partial charge >= 0.3 is 0 Å². The summed E-state index contributed by atoms with van der Waals surface area (Å²) in [6.45, 7) is 10.1. The van der Waals surface area contributed by atoms with E-state index in [0.29, 0.717) is 21.8 Å². The molecule has 1 amide bonds. The predicted molar refractivity (Wildman–Crippen MR) is 121 cm³/mol. The van der Waals surface area contributed by atoms with E-state index in [9.17, 15) is 13.2 Å². The first-order chi connectivity index (χ1) is 13.8. The van der Waals surface area contributed by atoms with Crippen molar-refractivity contribution < 1.29 is 17.9 Å². The summed E-state index contributed by atoms with van der Waals surface area (Å²) in [7, 11) is -3.61. The zero-order chi connectivity index (χ0) is 22.3. The third kappa shape index (κ3) is 5.25. The van der Waals surface area contributed by atoms with E-state index >= 15 is 0 Å². The number of sulfonamides is 1. The number of fused-ring (bicyclic) bond motifs is 1. The van der Waals surface area contributed by atoms with Gasteiger partial charge in [-0.3, -0.25) is 14.4 Å². The molecule has 0 fully saturated rings. The molecule has 1 N–H and O–H groups in total. The van der Waals surface area contributed by atoms with E-state index in [4.69, 9.17) is 4.74 Å². The van der Waals surface area contributed by atoms with Crippen molar-refractivity contribution in [1.29, 1.82) is 0 Å². The van der Waals surface area contributed by atoms with Crippen molar-refractivity contribution in [3.8, 4) is 5.75 Å². The van der Waals surface area contributed by atoms with Crippen molar-refractivity contribution in [2.75, 3.05) is 22.4 Å². The molecule has 0 aliphatic carbocycles.